The van der Waals surface area contributed by atoms with Gasteiger partial charge in [-0.3, -0.25) is 0 Å². The summed E-state index contributed by atoms with van der Waals surface area (Å²) in [4.78, 5) is 12.0. The average molecular weight is 352 g/mol. The number of nitrogens with one attached hydrogen (secondary N) is 1. The number of carbonyl (C=O) groups excluding carboxylic acids is 1. The molecule has 0 saturated heterocycles. The maximum Gasteiger partial charge on any atom is 0.332 e. The predicted molar refractivity (Wildman–Crippen MR) is 83.7 cm³/mol. The van der Waals surface area contributed by atoms with Gasteiger partial charge in [0.05, 0.1) is 7.11 Å². The molecule has 0 radical (unpaired) electrons. The zero-order valence-corrected chi connectivity index (χ0v) is 13.3. The van der Waals surface area contributed by atoms with Gasteiger partial charge in [-0.1, -0.05) is 28.1 Å². The summed E-state index contributed by atoms with van der Waals surface area (Å²) in [6.45, 7) is 1.94. The summed E-state index contributed by atoms with van der Waals surface area (Å²) in [5.41, 5.74) is 2.45. The van der Waals surface area contributed by atoms with Crippen LogP contribution in [0.3, 0.4) is 0 Å². The van der Waals surface area contributed by atoms with E-state index >= 15 is 0 Å². The number of methoxy groups -OCH3 is 1. The van der Waals surface area contributed by atoms with Gasteiger partial charge in [-0.15, -0.1) is 0 Å². The molecule has 5 heteroatoms. The van der Waals surface area contributed by atoms with Crippen molar-refractivity contribution in [2.45, 2.75) is 13.0 Å². The molecule has 0 aliphatic heterocycles. The standard InChI is InChI=1S/C16H15BrFNO2/c1-10-9-11(3-8-14(10)17)15(16(20)21-2)19-13-6-4-12(18)5-7-13/h3-9,15,19H,1-2H3. The normalized spacial score (nSPS) is 11.8. The Balaban J connectivity index is 2.31. The fraction of sp³-hybridized carbons (Fsp3) is 0.188. The van der Waals surface area contributed by atoms with Gasteiger partial charge in [-0.2, -0.15) is 0 Å². The van der Waals surface area contributed by atoms with Crippen LogP contribution in [0.2, 0.25) is 0 Å². The number of benzene rings is 2. The van der Waals surface area contributed by atoms with Crippen molar-refractivity contribution in [3.63, 3.8) is 0 Å². The number of esters is 1. The first-order chi connectivity index (χ1) is 10.0. The summed E-state index contributed by atoms with van der Waals surface area (Å²) < 4.78 is 18.8. The second-order valence-electron chi connectivity index (χ2n) is 4.62. The van der Waals surface area contributed by atoms with Gasteiger partial charge in [0, 0.05) is 10.2 Å². The van der Waals surface area contributed by atoms with Crippen LogP contribution in [0.15, 0.2) is 46.9 Å². The maximum absolute atomic E-state index is 12.9. The van der Waals surface area contributed by atoms with E-state index in [1.54, 1.807) is 12.1 Å². The third kappa shape index (κ3) is 3.82. The molecule has 1 N–H and O–H groups in total. The van der Waals surface area contributed by atoms with Crippen LogP contribution in [-0.2, 0) is 9.53 Å². The quantitative estimate of drug-likeness (QED) is 0.838. The Bertz CT molecular complexity index is 643. The number of halogens is 2. The minimum Gasteiger partial charge on any atom is -0.467 e. The monoisotopic (exact) mass is 351 g/mol. The molecule has 0 aromatic heterocycles. The Kier molecular flexibility index (Phi) is 4.96. The molecule has 3 nitrogen and oxygen atoms in total. The minimum atomic E-state index is -0.646. The molecular formula is C16H15BrFNO2. The molecule has 0 heterocycles. The van der Waals surface area contributed by atoms with E-state index in [-0.39, 0.29) is 5.82 Å². The summed E-state index contributed by atoms with van der Waals surface area (Å²) in [6.07, 6.45) is 0. The summed E-state index contributed by atoms with van der Waals surface area (Å²) in [6, 6.07) is 10.8. The Hall–Kier alpha value is -1.88. The SMILES string of the molecule is COC(=O)C(Nc1ccc(F)cc1)c1ccc(Br)c(C)c1. The van der Waals surface area contributed by atoms with Crippen molar-refractivity contribution in [2.75, 3.05) is 12.4 Å². The van der Waals surface area contributed by atoms with Crippen molar-refractivity contribution in [1.82, 2.24) is 0 Å². The molecule has 2 aromatic carbocycles. The van der Waals surface area contributed by atoms with Gasteiger partial charge in [-0.05, 0) is 48.4 Å². The fourth-order valence-electron chi connectivity index (χ4n) is 1.96. The van der Waals surface area contributed by atoms with Gasteiger partial charge >= 0.3 is 5.97 Å². The second-order valence-corrected chi connectivity index (χ2v) is 5.47. The van der Waals surface area contributed by atoms with E-state index in [0.717, 1.165) is 15.6 Å². The maximum atomic E-state index is 12.9. The Labute approximate surface area is 131 Å². The van der Waals surface area contributed by atoms with Crippen molar-refractivity contribution >= 4 is 27.6 Å². The van der Waals surface area contributed by atoms with Gasteiger partial charge in [0.15, 0.2) is 6.04 Å². The first-order valence-corrected chi connectivity index (χ1v) is 7.16. The topological polar surface area (TPSA) is 38.3 Å². The van der Waals surface area contributed by atoms with Crippen molar-refractivity contribution in [3.8, 4) is 0 Å². The molecule has 2 rings (SSSR count). The van der Waals surface area contributed by atoms with E-state index in [9.17, 15) is 9.18 Å². The van der Waals surface area contributed by atoms with Crippen LogP contribution in [0.5, 0.6) is 0 Å². The van der Waals surface area contributed by atoms with Crippen LogP contribution < -0.4 is 5.32 Å². The first kappa shape index (κ1) is 15.5. The first-order valence-electron chi connectivity index (χ1n) is 6.37. The highest BCUT2D eigenvalue weighted by atomic mass is 79.9. The molecule has 0 spiro atoms. The van der Waals surface area contributed by atoms with Gasteiger partial charge < -0.3 is 10.1 Å². The zero-order chi connectivity index (χ0) is 15.4. The lowest BCUT2D eigenvalue weighted by Crippen LogP contribution is -2.22. The van der Waals surface area contributed by atoms with E-state index in [2.05, 4.69) is 21.2 Å². The summed E-state index contributed by atoms with van der Waals surface area (Å²) >= 11 is 3.43. The van der Waals surface area contributed by atoms with E-state index in [1.165, 1.54) is 19.2 Å². The van der Waals surface area contributed by atoms with E-state index in [1.807, 2.05) is 25.1 Å². The fourth-order valence-corrected chi connectivity index (χ4v) is 2.20. The lowest BCUT2D eigenvalue weighted by Gasteiger charge is -2.19. The van der Waals surface area contributed by atoms with E-state index in [0.29, 0.717) is 5.69 Å². The second kappa shape index (κ2) is 6.72. The molecule has 0 aliphatic carbocycles. The number of carbonyl (C=O) groups is 1. The summed E-state index contributed by atoms with van der Waals surface area (Å²) in [7, 11) is 1.34. The highest BCUT2D eigenvalue weighted by molar-refractivity contribution is 9.10. The summed E-state index contributed by atoms with van der Waals surface area (Å²) in [5.74, 6) is -0.726. The van der Waals surface area contributed by atoms with Gasteiger partial charge in [0.2, 0.25) is 0 Å². The molecule has 0 aliphatic rings. The van der Waals surface area contributed by atoms with Crippen molar-refractivity contribution in [1.29, 1.82) is 0 Å². The Morgan fingerprint density at radius 1 is 1.24 bits per heavy atom. The van der Waals surface area contributed by atoms with Crippen LogP contribution in [0.25, 0.3) is 0 Å². The minimum absolute atomic E-state index is 0.324. The van der Waals surface area contributed by atoms with Crippen molar-refractivity contribution in [3.05, 3.63) is 63.9 Å². The molecule has 2 aromatic rings. The van der Waals surface area contributed by atoms with Gasteiger partial charge in [0.25, 0.3) is 0 Å². The lowest BCUT2D eigenvalue weighted by molar-refractivity contribution is -0.141. The van der Waals surface area contributed by atoms with Crippen LogP contribution in [-0.4, -0.2) is 13.1 Å². The predicted octanol–water partition coefficient (Wildman–Crippen LogP) is 4.22. The number of ether oxygens (including phenoxy) is 1. The number of aryl methyl sites for hydroxylation is 1. The molecule has 110 valence electrons. The third-order valence-electron chi connectivity index (χ3n) is 3.11. The highest BCUT2D eigenvalue weighted by Crippen LogP contribution is 2.25. The van der Waals surface area contributed by atoms with Crippen LogP contribution >= 0.6 is 15.9 Å². The van der Waals surface area contributed by atoms with E-state index < -0.39 is 12.0 Å². The molecule has 1 atom stereocenters. The van der Waals surface area contributed by atoms with Gasteiger partial charge in [-0.25, -0.2) is 9.18 Å². The molecule has 1 unspecified atom stereocenters. The largest absolute Gasteiger partial charge is 0.467 e. The summed E-state index contributed by atoms with van der Waals surface area (Å²) in [5, 5.41) is 3.06. The lowest BCUT2D eigenvalue weighted by atomic mass is 10.0. The molecular weight excluding hydrogens is 337 g/mol. The van der Waals surface area contributed by atoms with Crippen LogP contribution in [0, 0.1) is 12.7 Å². The van der Waals surface area contributed by atoms with Crippen LogP contribution in [0.1, 0.15) is 17.2 Å². The third-order valence-corrected chi connectivity index (χ3v) is 4.00. The van der Waals surface area contributed by atoms with Crippen molar-refractivity contribution < 1.29 is 13.9 Å². The zero-order valence-electron chi connectivity index (χ0n) is 11.7. The smallest absolute Gasteiger partial charge is 0.332 e. The van der Waals surface area contributed by atoms with E-state index in [4.69, 9.17) is 4.74 Å². The number of hydrogen-bond donors (Lipinski definition) is 1. The number of anilines is 1. The molecule has 21 heavy (non-hydrogen) atoms. The molecule has 0 fully saturated rings. The average Bonchev–Trinajstić information content (AvgIpc) is 2.49. The number of rotatable bonds is 4. The van der Waals surface area contributed by atoms with Gasteiger partial charge in [0.1, 0.15) is 5.82 Å². The number of hydrogen-bond acceptors (Lipinski definition) is 3. The molecule has 0 bridgehead atoms. The van der Waals surface area contributed by atoms with Crippen LogP contribution in [0.4, 0.5) is 10.1 Å². The molecule has 0 amide bonds. The van der Waals surface area contributed by atoms with Crippen molar-refractivity contribution in [2.24, 2.45) is 0 Å². The Morgan fingerprint density at radius 2 is 1.90 bits per heavy atom. The highest BCUT2D eigenvalue weighted by Gasteiger charge is 2.21. The Morgan fingerprint density at radius 3 is 2.48 bits per heavy atom. The molecule has 0 saturated carbocycles.